The Morgan fingerprint density at radius 2 is 2.00 bits per heavy atom. The summed E-state index contributed by atoms with van der Waals surface area (Å²) in [5.74, 6) is -3.02. The summed E-state index contributed by atoms with van der Waals surface area (Å²) < 4.78 is 61.5. The maximum absolute atomic E-state index is 13.2. The molecule has 3 nitrogen and oxygen atoms in total. The summed E-state index contributed by atoms with van der Waals surface area (Å²) >= 11 is -0.293. The lowest BCUT2D eigenvalue weighted by Crippen LogP contribution is -2.36. The molecule has 0 saturated heterocycles. The Labute approximate surface area is 115 Å². The van der Waals surface area contributed by atoms with Crippen LogP contribution in [0.15, 0.2) is 18.2 Å². The minimum atomic E-state index is -4.39. The van der Waals surface area contributed by atoms with Gasteiger partial charge in [-0.1, -0.05) is 11.8 Å². The molecule has 0 aliphatic rings. The van der Waals surface area contributed by atoms with E-state index in [1.165, 1.54) is 0 Å². The van der Waals surface area contributed by atoms with E-state index in [9.17, 15) is 26.7 Å². The number of rotatable bonds is 5. The van der Waals surface area contributed by atoms with Gasteiger partial charge in [-0.2, -0.15) is 13.2 Å². The van der Waals surface area contributed by atoms with Gasteiger partial charge in [0, 0.05) is 11.8 Å². The van der Waals surface area contributed by atoms with Crippen LogP contribution in [0.4, 0.5) is 27.6 Å². The maximum atomic E-state index is 13.2. The van der Waals surface area contributed by atoms with E-state index in [0.29, 0.717) is 6.07 Å². The predicted molar refractivity (Wildman–Crippen MR) is 66.1 cm³/mol. The Morgan fingerprint density at radius 3 is 2.55 bits per heavy atom. The molecule has 0 aliphatic heterocycles. The molecule has 9 heteroatoms. The molecule has 0 saturated carbocycles. The lowest BCUT2D eigenvalue weighted by atomic mass is 10.2. The summed E-state index contributed by atoms with van der Waals surface area (Å²) in [7, 11) is 0. The minimum absolute atomic E-state index is 0.223. The monoisotopic (exact) mass is 314 g/mol. The van der Waals surface area contributed by atoms with Crippen molar-refractivity contribution < 1.29 is 26.7 Å². The van der Waals surface area contributed by atoms with Crippen LogP contribution in [-0.2, 0) is 4.79 Å². The van der Waals surface area contributed by atoms with Gasteiger partial charge in [-0.25, -0.2) is 8.78 Å². The van der Waals surface area contributed by atoms with Crippen LogP contribution in [0.2, 0.25) is 0 Å². The fourth-order valence-electron chi connectivity index (χ4n) is 1.25. The number of anilines is 1. The highest BCUT2D eigenvalue weighted by molar-refractivity contribution is 8.00. The van der Waals surface area contributed by atoms with Crippen LogP contribution < -0.4 is 11.1 Å². The quantitative estimate of drug-likeness (QED) is 0.822. The molecule has 0 fully saturated rings. The van der Waals surface area contributed by atoms with E-state index < -0.39 is 29.1 Å². The van der Waals surface area contributed by atoms with E-state index in [-0.39, 0.29) is 29.6 Å². The molecular formula is C11H11F5N2OS. The molecule has 1 aromatic rings. The number of halogens is 5. The Kier molecular flexibility index (Phi) is 5.75. The van der Waals surface area contributed by atoms with E-state index in [0.717, 1.165) is 12.1 Å². The molecule has 1 atom stereocenters. The molecule has 0 unspecified atom stereocenters. The standard InChI is InChI=1S/C11H11F5N2OS/c12-6-1-2-9(7(13)5-6)18-10(19)8(17)3-4-20-11(14,15)16/h1-2,5,8H,3-4,17H2,(H,18,19)/t8-/m0/s1. The second kappa shape index (κ2) is 6.89. The highest BCUT2D eigenvalue weighted by Crippen LogP contribution is 2.30. The number of amides is 1. The van der Waals surface area contributed by atoms with Crippen molar-refractivity contribution in [2.24, 2.45) is 5.73 Å². The van der Waals surface area contributed by atoms with Gasteiger partial charge in [0.15, 0.2) is 0 Å². The summed E-state index contributed by atoms with van der Waals surface area (Å²) in [5.41, 5.74) is 0.713. The van der Waals surface area contributed by atoms with Crippen LogP contribution in [0.3, 0.4) is 0 Å². The SMILES string of the molecule is N[C@@H](CCSC(F)(F)F)C(=O)Nc1ccc(F)cc1F. The highest BCUT2D eigenvalue weighted by atomic mass is 32.2. The van der Waals surface area contributed by atoms with Crippen LogP contribution in [0.1, 0.15) is 6.42 Å². The Hall–Kier alpha value is -1.35. The first-order valence-corrected chi connectivity index (χ1v) is 6.40. The van der Waals surface area contributed by atoms with Crippen molar-refractivity contribution in [1.29, 1.82) is 0 Å². The smallest absolute Gasteiger partial charge is 0.322 e. The third-order valence-corrected chi connectivity index (χ3v) is 2.99. The summed E-state index contributed by atoms with van der Waals surface area (Å²) in [6.07, 6.45) is -0.223. The van der Waals surface area contributed by atoms with Gasteiger partial charge in [-0.15, -0.1) is 0 Å². The zero-order valence-electron chi connectivity index (χ0n) is 10.0. The molecule has 1 amide bonds. The second-order valence-electron chi connectivity index (χ2n) is 3.80. The van der Waals surface area contributed by atoms with Gasteiger partial charge >= 0.3 is 5.51 Å². The molecule has 3 N–H and O–H groups in total. The van der Waals surface area contributed by atoms with Gasteiger partial charge in [0.2, 0.25) is 5.91 Å². The number of nitrogens with one attached hydrogen (secondary N) is 1. The molecule has 0 spiro atoms. The van der Waals surface area contributed by atoms with Crippen LogP contribution >= 0.6 is 11.8 Å². The second-order valence-corrected chi connectivity index (χ2v) is 4.96. The number of carbonyl (C=O) groups is 1. The number of benzene rings is 1. The van der Waals surface area contributed by atoms with Crippen molar-refractivity contribution in [2.75, 3.05) is 11.1 Å². The number of hydrogen-bond acceptors (Lipinski definition) is 3. The Balaban J connectivity index is 2.49. The number of thioether (sulfide) groups is 1. The lowest BCUT2D eigenvalue weighted by Gasteiger charge is -2.13. The van der Waals surface area contributed by atoms with Crippen molar-refractivity contribution in [3.63, 3.8) is 0 Å². The zero-order chi connectivity index (χ0) is 15.3. The minimum Gasteiger partial charge on any atom is -0.322 e. The fraction of sp³-hybridized carbons (Fsp3) is 0.364. The van der Waals surface area contributed by atoms with Gasteiger partial charge in [-0.3, -0.25) is 4.79 Å². The molecule has 0 heterocycles. The van der Waals surface area contributed by atoms with Crippen molar-refractivity contribution >= 4 is 23.4 Å². The van der Waals surface area contributed by atoms with Crippen molar-refractivity contribution in [3.05, 3.63) is 29.8 Å². The fourth-order valence-corrected chi connectivity index (χ4v) is 1.85. The third-order valence-electron chi connectivity index (χ3n) is 2.22. The Morgan fingerprint density at radius 1 is 1.35 bits per heavy atom. The molecule has 0 aromatic heterocycles. The molecule has 0 radical (unpaired) electrons. The normalized spacial score (nSPS) is 13.1. The summed E-state index contributed by atoms with van der Waals surface area (Å²) in [6, 6.07) is 1.29. The molecule has 112 valence electrons. The number of hydrogen-bond donors (Lipinski definition) is 2. The van der Waals surface area contributed by atoms with Crippen LogP contribution in [0.25, 0.3) is 0 Å². The van der Waals surface area contributed by atoms with Gasteiger partial charge in [0.1, 0.15) is 11.6 Å². The van der Waals surface area contributed by atoms with Crippen molar-refractivity contribution in [3.8, 4) is 0 Å². The highest BCUT2D eigenvalue weighted by Gasteiger charge is 2.28. The maximum Gasteiger partial charge on any atom is 0.441 e. The summed E-state index contributed by atoms with van der Waals surface area (Å²) in [6.45, 7) is 0. The lowest BCUT2D eigenvalue weighted by molar-refractivity contribution is -0.117. The Bertz CT molecular complexity index is 480. The van der Waals surface area contributed by atoms with E-state index >= 15 is 0 Å². The van der Waals surface area contributed by atoms with Crippen molar-refractivity contribution in [1.82, 2.24) is 0 Å². The molecule has 20 heavy (non-hydrogen) atoms. The number of nitrogens with two attached hydrogens (primary N) is 1. The molecule has 1 rings (SSSR count). The number of carbonyl (C=O) groups excluding carboxylic acids is 1. The van der Waals surface area contributed by atoms with Crippen LogP contribution in [0.5, 0.6) is 0 Å². The molecule has 0 aliphatic carbocycles. The van der Waals surface area contributed by atoms with Crippen LogP contribution in [0, 0.1) is 11.6 Å². The first-order chi connectivity index (χ1) is 9.19. The van der Waals surface area contributed by atoms with Crippen LogP contribution in [-0.4, -0.2) is 23.2 Å². The van der Waals surface area contributed by atoms with Gasteiger partial charge in [0.05, 0.1) is 11.7 Å². The first-order valence-electron chi connectivity index (χ1n) is 5.41. The van der Waals surface area contributed by atoms with E-state index in [4.69, 9.17) is 5.73 Å². The van der Waals surface area contributed by atoms with E-state index in [2.05, 4.69) is 5.32 Å². The van der Waals surface area contributed by atoms with E-state index in [1.54, 1.807) is 0 Å². The predicted octanol–water partition coefficient (Wildman–Crippen LogP) is 2.87. The topological polar surface area (TPSA) is 55.1 Å². The van der Waals surface area contributed by atoms with Gasteiger partial charge in [0.25, 0.3) is 0 Å². The first kappa shape index (κ1) is 16.7. The number of alkyl halides is 3. The van der Waals surface area contributed by atoms with Gasteiger partial charge in [-0.05, 0) is 18.6 Å². The molecule has 1 aromatic carbocycles. The zero-order valence-corrected chi connectivity index (χ0v) is 10.8. The summed E-state index contributed by atoms with van der Waals surface area (Å²) in [4.78, 5) is 11.5. The average Bonchev–Trinajstić information content (AvgIpc) is 2.30. The van der Waals surface area contributed by atoms with E-state index in [1.807, 2.05) is 0 Å². The van der Waals surface area contributed by atoms with Crippen molar-refractivity contribution in [2.45, 2.75) is 18.0 Å². The molecular weight excluding hydrogens is 303 g/mol. The summed E-state index contributed by atoms with van der Waals surface area (Å²) in [5, 5.41) is 2.09. The average molecular weight is 314 g/mol. The van der Waals surface area contributed by atoms with Gasteiger partial charge < -0.3 is 11.1 Å². The third kappa shape index (κ3) is 5.74. The molecule has 0 bridgehead atoms. The largest absolute Gasteiger partial charge is 0.441 e.